The summed E-state index contributed by atoms with van der Waals surface area (Å²) in [5.41, 5.74) is 4.66. The van der Waals surface area contributed by atoms with Crippen LogP contribution in [0.25, 0.3) is 0 Å². The van der Waals surface area contributed by atoms with Crippen LogP contribution in [-0.2, 0) is 22.5 Å². The van der Waals surface area contributed by atoms with Gasteiger partial charge in [-0.1, -0.05) is 35.9 Å². The second kappa shape index (κ2) is 10.9. The molecule has 1 N–H and O–H groups in total. The largest absolute Gasteiger partial charge is 0.483 e. The van der Waals surface area contributed by atoms with Gasteiger partial charge in [-0.2, -0.15) is 0 Å². The first-order valence-electron chi connectivity index (χ1n) is 11.6. The predicted octanol–water partition coefficient (Wildman–Crippen LogP) is 4.39. The van der Waals surface area contributed by atoms with Crippen LogP contribution < -0.4 is 10.1 Å². The molecule has 0 saturated heterocycles. The lowest BCUT2D eigenvalue weighted by molar-refractivity contribution is -0.118. The zero-order chi connectivity index (χ0) is 24.8. The summed E-state index contributed by atoms with van der Waals surface area (Å²) < 4.78 is 10.7. The Labute approximate surface area is 204 Å². The van der Waals surface area contributed by atoms with Crippen LogP contribution in [0, 0.1) is 6.92 Å². The number of aryl methyl sites for hydroxylation is 1. The first kappa shape index (κ1) is 24.0. The van der Waals surface area contributed by atoms with Crippen LogP contribution in [0.2, 0.25) is 0 Å². The van der Waals surface area contributed by atoms with Crippen molar-refractivity contribution in [1.82, 2.24) is 4.90 Å². The second-order valence-electron chi connectivity index (χ2n) is 8.38. The van der Waals surface area contributed by atoms with E-state index < -0.39 is 5.97 Å². The van der Waals surface area contributed by atoms with Crippen molar-refractivity contribution < 1.29 is 23.9 Å². The standard InChI is InChI=1S/C28H28N2O5/c1-3-34-28(33)21-11-13-22(14-12-21)29-26(31)18-35-25-6-4-5-24-23(25)15-16-30(27(24)32)17-20-9-7-19(2)8-10-20/h4-14H,3,15-18H2,1-2H3,(H,29,31). The Balaban J connectivity index is 1.36. The molecule has 0 radical (unpaired) electrons. The van der Waals surface area contributed by atoms with Crippen molar-refractivity contribution in [3.05, 3.63) is 94.5 Å². The fraction of sp³-hybridized carbons (Fsp3) is 0.250. The van der Waals surface area contributed by atoms with Crippen molar-refractivity contribution >= 4 is 23.5 Å². The van der Waals surface area contributed by atoms with Crippen molar-refractivity contribution in [2.24, 2.45) is 0 Å². The van der Waals surface area contributed by atoms with E-state index in [9.17, 15) is 14.4 Å². The van der Waals surface area contributed by atoms with Crippen LogP contribution >= 0.6 is 0 Å². The molecule has 3 aromatic carbocycles. The molecule has 1 aliphatic heterocycles. The van der Waals surface area contributed by atoms with E-state index in [4.69, 9.17) is 9.47 Å². The van der Waals surface area contributed by atoms with Gasteiger partial charge < -0.3 is 19.7 Å². The second-order valence-corrected chi connectivity index (χ2v) is 8.38. The average molecular weight is 473 g/mol. The van der Waals surface area contributed by atoms with Crippen LogP contribution in [0.3, 0.4) is 0 Å². The molecule has 3 aromatic rings. The highest BCUT2D eigenvalue weighted by Gasteiger charge is 2.27. The van der Waals surface area contributed by atoms with Crippen LogP contribution in [-0.4, -0.2) is 42.4 Å². The van der Waals surface area contributed by atoms with E-state index in [1.165, 1.54) is 5.56 Å². The summed E-state index contributed by atoms with van der Waals surface area (Å²) in [6, 6.07) is 20.0. The molecule has 0 unspecified atom stereocenters. The third-order valence-electron chi connectivity index (χ3n) is 5.81. The van der Waals surface area contributed by atoms with Crippen LogP contribution in [0.1, 0.15) is 44.3 Å². The number of carbonyl (C=O) groups is 3. The minimum Gasteiger partial charge on any atom is -0.483 e. The first-order chi connectivity index (χ1) is 16.9. The minimum atomic E-state index is -0.408. The summed E-state index contributed by atoms with van der Waals surface area (Å²) >= 11 is 0. The maximum atomic E-state index is 13.1. The van der Waals surface area contributed by atoms with Gasteiger partial charge in [0.1, 0.15) is 5.75 Å². The number of esters is 1. The summed E-state index contributed by atoms with van der Waals surface area (Å²) in [4.78, 5) is 39.1. The smallest absolute Gasteiger partial charge is 0.338 e. The van der Waals surface area contributed by atoms with Gasteiger partial charge in [-0.3, -0.25) is 9.59 Å². The van der Waals surface area contributed by atoms with Gasteiger partial charge in [0.2, 0.25) is 0 Å². The molecule has 4 rings (SSSR count). The zero-order valence-electron chi connectivity index (χ0n) is 19.9. The molecule has 1 aliphatic rings. The molecule has 1 heterocycles. The van der Waals surface area contributed by atoms with E-state index in [1.807, 2.05) is 36.1 Å². The summed E-state index contributed by atoms with van der Waals surface area (Å²) in [5.74, 6) is -0.244. The fourth-order valence-electron chi connectivity index (χ4n) is 3.99. The summed E-state index contributed by atoms with van der Waals surface area (Å²) in [6.07, 6.45) is 0.653. The van der Waals surface area contributed by atoms with E-state index in [0.29, 0.717) is 48.7 Å². The highest BCUT2D eigenvalue weighted by Crippen LogP contribution is 2.29. The molecule has 7 nitrogen and oxygen atoms in total. The maximum absolute atomic E-state index is 13.1. The fourth-order valence-corrected chi connectivity index (χ4v) is 3.99. The van der Waals surface area contributed by atoms with Gasteiger partial charge in [0, 0.05) is 29.9 Å². The van der Waals surface area contributed by atoms with Crippen LogP contribution in [0.4, 0.5) is 5.69 Å². The Hall–Kier alpha value is -4.13. The number of nitrogens with zero attached hydrogens (tertiary/aromatic N) is 1. The van der Waals surface area contributed by atoms with Crippen molar-refractivity contribution in [2.45, 2.75) is 26.8 Å². The van der Waals surface area contributed by atoms with Crippen molar-refractivity contribution in [3.63, 3.8) is 0 Å². The molecule has 180 valence electrons. The van der Waals surface area contributed by atoms with Gasteiger partial charge in [-0.25, -0.2) is 4.79 Å². The lowest BCUT2D eigenvalue weighted by atomic mass is 9.97. The van der Waals surface area contributed by atoms with Crippen LogP contribution in [0.15, 0.2) is 66.7 Å². The van der Waals surface area contributed by atoms with Gasteiger partial charge in [0.15, 0.2) is 6.61 Å². The molecule has 0 aliphatic carbocycles. The number of anilines is 1. The predicted molar refractivity (Wildman–Crippen MR) is 133 cm³/mol. The van der Waals surface area contributed by atoms with Crippen molar-refractivity contribution in [3.8, 4) is 5.75 Å². The quantitative estimate of drug-likeness (QED) is 0.492. The van der Waals surface area contributed by atoms with E-state index in [2.05, 4.69) is 5.32 Å². The number of amides is 2. The molecule has 0 spiro atoms. The Morgan fingerprint density at radius 1 is 1.00 bits per heavy atom. The Bertz CT molecular complexity index is 1220. The van der Waals surface area contributed by atoms with E-state index >= 15 is 0 Å². The third-order valence-corrected chi connectivity index (χ3v) is 5.81. The molecule has 2 amide bonds. The van der Waals surface area contributed by atoms with Gasteiger partial charge in [-0.05, 0) is 62.2 Å². The number of nitrogens with one attached hydrogen (secondary N) is 1. The first-order valence-corrected chi connectivity index (χ1v) is 11.6. The minimum absolute atomic E-state index is 0.0385. The van der Waals surface area contributed by atoms with Crippen LogP contribution in [0.5, 0.6) is 5.75 Å². The number of hydrogen-bond donors (Lipinski definition) is 1. The summed E-state index contributed by atoms with van der Waals surface area (Å²) in [6.45, 7) is 5.02. The average Bonchev–Trinajstić information content (AvgIpc) is 2.86. The van der Waals surface area contributed by atoms with Gasteiger partial charge in [0.25, 0.3) is 11.8 Å². The van der Waals surface area contributed by atoms with Crippen molar-refractivity contribution in [1.29, 1.82) is 0 Å². The highest BCUT2D eigenvalue weighted by molar-refractivity contribution is 5.97. The molecule has 7 heteroatoms. The topological polar surface area (TPSA) is 84.9 Å². The summed E-state index contributed by atoms with van der Waals surface area (Å²) in [7, 11) is 0. The molecule has 0 bridgehead atoms. The maximum Gasteiger partial charge on any atom is 0.338 e. The molecule has 0 fully saturated rings. The number of hydrogen-bond acceptors (Lipinski definition) is 5. The van der Waals surface area contributed by atoms with Crippen molar-refractivity contribution in [2.75, 3.05) is 25.1 Å². The van der Waals surface area contributed by atoms with Gasteiger partial charge in [0.05, 0.1) is 12.2 Å². The molecule has 35 heavy (non-hydrogen) atoms. The molecular formula is C28H28N2O5. The lowest BCUT2D eigenvalue weighted by Gasteiger charge is -2.29. The monoisotopic (exact) mass is 472 g/mol. The van der Waals surface area contributed by atoms with E-state index in [-0.39, 0.29) is 18.4 Å². The number of fused-ring (bicyclic) bond motifs is 1. The zero-order valence-corrected chi connectivity index (χ0v) is 19.9. The number of ether oxygens (including phenoxy) is 2. The normalized spacial score (nSPS) is 12.6. The SMILES string of the molecule is CCOC(=O)c1ccc(NC(=O)COc2cccc3c2CCN(Cc2ccc(C)cc2)C3=O)cc1. The molecule has 0 aromatic heterocycles. The molecular weight excluding hydrogens is 444 g/mol. The van der Waals surface area contributed by atoms with E-state index in [1.54, 1.807) is 49.4 Å². The summed E-state index contributed by atoms with van der Waals surface area (Å²) in [5, 5.41) is 2.75. The van der Waals surface area contributed by atoms with Gasteiger partial charge in [-0.15, -0.1) is 0 Å². The number of carbonyl (C=O) groups excluding carboxylic acids is 3. The number of benzene rings is 3. The Morgan fingerprint density at radius 2 is 1.74 bits per heavy atom. The number of rotatable bonds is 8. The third kappa shape index (κ3) is 5.87. The Morgan fingerprint density at radius 3 is 2.46 bits per heavy atom. The van der Waals surface area contributed by atoms with E-state index in [0.717, 1.165) is 11.1 Å². The van der Waals surface area contributed by atoms with Gasteiger partial charge >= 0.3 is 5.97 Å². The highest BCUT2D eigenvalue weighted by atomic mass is 16.5. The molecule has 0 saturated carbocycles. The molecule has 0 atom stereocenters. The lowest BCUT2D eigenvalue weighted by Crippen LogP contribution is -2.37. The Kier molecular flexibility index (Phi) is 7.45.